The lowest BCUT2D eigenvalue weighted by Crippen LogP contribution is -2.52. The Morgan fingerprint density at radius 1 is 1.12 bits per heavy atom. The topological polar surface area (TPSA) is 164 Å². The Bertz CT molecular complexity index is 1890. The number of carboxylic acid groups (broad SMARTS) is 1. The van der Waals surface area contributed by atoms with Crippen LogP contribution >= 0.6 is 0 Å². The molecule has 1 fully saturated rings. The lowest BCUT2D eigenvalue weighted by molar-refractivity contribution is -0.149. The monoisotopic (exact) mass is 657 g/mol. The minimum Gasteiger partial charge on any atom is -0.496 e. The molecule has 2 aliphatic heterocycles. The summed E-state index contributed by atoms with van der Waals surface area (Å²) >= 11 is 0. The summed E-state index contributed by atoms with van der Waals surface area (Å²) in [7, 11) is 3.39. The van der Waals surface area contributed by atoms with Crippen LogP contribution in [0.5, 0.6) is 17.2 Å². The van der Waals surface area contributed by atoms with E-state index in [0.717, 1.165) is 11.1 Å². The number of likely N-dealkylation sites (tertiary alicyclic amines) is 1. The zero-order valence-electron chi connectivity index (χ0n) is 27.9. The SMILES string of the molecule is CCOc1cc(C(=O)N2CCC3(CC2)CC(=O)c2cc(-c4nnn(C(C)C(C)(C)C(=O)O)n4)ccc2O3)cc(OC)c1-c1cnn(C)c1. The summed E-state index contributed by atoms with van der Waals surface area (Å²) in [6, 6.07) is 8.10. The summed E-state index contributed by atoms with van der Waals surface area (Å²) in [5.41, 5.74) is 1.16. The highest BCUT2D eigenvalue weighted by Gasteiger charge is 2.44. The molecule has 1 N–H and O–H groups in total. The zero-order chi connectivity index (χ0) is 34.4. The van der Waals surface area contributed by atoms with Crippen molar-refractivity contribution >= 4 is 17.7 Å². The molecule has 14 heteroatoms. The molecule has 1 spiro atoms. The molecule has 48 heavy (non-hydrogen) atoms. The van der Waals surface area contributed by atoms with Gasteiger partial charge in [-0.15, -0.1) is 10.2 Å². The van der Waals surface area contributed by atoms with Crippen molar-refractivity contribution in [1.82, 2.24) is 34.9 Å². The second-order valence-electron chi connectivity index (χ2n) is 12.9. The minimum atomic E-state index is -1.11. The molecular weight excluding hydrogens is 618 g/mol. The average Bonchev–Trinajstić information content (AvgIpc) is 3.73. The first-order valence-electron chi connectivity index (χ1n) is 15.9. The van der Waals surface area contributed by atoms with Gasteiger partial charge < -0.3 is 24.2 Å². The number of aryl methyl sites for hydroxylation is 1. The number of ketones is 1. The van der Waals surface area contributed by atoms with E-state index in [4.69, 9.17) is 14.2 Å². The summed E-state index contributed by atoms with van der Waals surface area (Å²) in [6.45, 7) is 8.04. The summed E-state index contributed by atoms with van der Waals surface area (Å²) < 4.78 is 19.8. The Morgan fingerprint density at radius 3 is 2.50 bits per heavy atom. The molecule has 2 aromatic carbocycles. The van der Waals surface area contributed by atoms with Crippen molar-refractivity contribution < 1.29 is 33.7 Å². The number of fused-ring (bicyclic) bond motifs is 1. The Balaban J connectivity index is 1.17. The van der Waals surface area contributed by atoms with Crippen LogP contribution in [0.25, 0.3) is 22.5 Å². The quantitative estimate of drug-likeness (QED) is 0.270. The first-order valence-corrected chi connectivity index (χ1v) is 15.9. The molecule has 0 saturated carbocycles. The van der Waals surface area contributed by atoms with Crippen LogP contribution in [0.2, 0.25) is 0 Å². The van der Waals surface area contributed by atoms with Gasteiger partial charge in [-0.25, -0.2) is 0 Å². The van der Waals surface area contributed by atoms with Crippen LogP contribution in [0.15, 0.2) is 42.7 Å². The van der Waals surface area contributed by atoms with Gasteiger partial charge in [-0.05, 0) is 63.2 Å². The van der Waals surface area contributed by atoms with Gasteiger partial charge in [0.2, 0.25) is 5.82 Å². The van der Waals surface area contributed by atoms with Crippen molar-refractivity contribution in [3.63, 3.8) is 0 Å². The third-order valence-electron chi connectivity index (χ3n) is 9.51. The molecule has 1 saturated heterocycles. The summed E-state index contributed by atoms with van der Waals surface area (Å²) in [6.07, 6.45) is 4.75. The second kappa shape index (κ2) is 12.4. The molecule has 0 radical (unpaired) electrons. The molecule has 6 rings (SSSR count). The number of carbonyl (C=O) groups excluding carboxylic acids is 2. The Labute approximate surface area is 277 Å². The number of aromatic nitrogens is 6. The van der Waals surface area contributed by atoms with Crippen LogP contribution in [-0.4, -0.2) is 90.1 Å². The lowest BCUT2D eigenvalue weighted by atomic mass is 9.82. The van der Waals surface area contributed by atoms with Crippen molar-refractivity contribution in [2.24, 2.45) is 12.5 Å². The molecule has 1 amide bonds. The standard InChI is InChI=1S/C34H39N7O7/c1-7-47-28-16-22(15-27(46-6)29(28)23-18-35-39(5)19-23)31(43)40-12-10-34(11-13-40)17-25(42)24-14-21(8-9-26(24)48-34)30-36-38-41(37-30)20(2)33(3,4)32(44)45/h8-9,14-16,18-20H,7,10-13,17H2,1-6H3,(H,44,45). The molecule has 4 heterocycles. The lowest BCUT2D eigenvalue weighted by Gasteiger charge is -2.44. The molecule has 14 nitrogen and oxygen atoms in total. The first kappa shape index (κ1) is 32.7. The smallest absolute Gasteiger partial charge is 0.311 e. The van der Waals surface area contributed by atoms with E-state index < -0.39 is 23.0 Å². The molecule has 2 aliphatic rings. The van der Waals surface area contributed by atoms with Gasteiger partial charge in [0.25, 0.3) is 5.91 Å². The van der Waals surface area contributed by atoms with Gasteiger partial charge in [0.15, 0.2) is 5.78 Å². The zero-order valence-corrected chi connectivity index (χ0v) is 27.9. The molecule has 4 aromatic rings. The van der Waals surface area contributed by atoms with E-state index in [9.17, 15) is 19.5 Å². The number of hydrogen-bond donors (Lipinski definition) is 1. The molecule has 0 aliphatic carbocycles. The Hall–Kier alpha value is -5.27. The van der Waals surface area contributed by atoms with Crippen molar-refractivity contribution in [1.29, 1.82) is 0 Å². The van der Waals surface area contributed by atoms with Crippen LogP contribution in [0.3, 0.4) is 0 Å². The van der Waals surface area contributed by atoms with Crippen LogP contribution in [-0.2, 0) is 11.8 Å². The second-order valence-corrected chi connectivity index (χ2v) is 12.9. The molecular formula is C34H39N7O7. The molecule has 2 aromatic heterocycles. The predicted molar refractivity (Wildman–Crippen MR) is 173 cm³/mol. The minimum absolute atomic E-state index is 0.0669. The Kier molecular flexibility index (Phi) is 8.44. The number of hydrogen-bond acceptors (Lipinski definition) is 10. The van der Waals surface area contributed by atoms with Crippen molar-refractivity contribution in [2.45, 2.75) is 58.6 Å². The number of benzene rings is 2. The van der Waals surface area contributed by atoms with Crippen LogP contribution in [0.1, 0.15) is 73.7 Å². The molecule has 1 unspecified atom stereocenters. The van der Waals surface area contributed by atoms with Crippen LogP contribution in [0, 0.1) is 5.41 Å². The fraction of sp³-hybridized carbons (Fsp3) is 0.441. The highest BCUT2D eigenvalue weighted by Crippen LogP contribution is 2.43. The number of ether oxygens (including phenoxy) is 3. The van der Waals surface area contributed by atoms with Crippen LogP contribution in [0.4, 0.5) is 0 Å². The van der Waals surface area contributed by atoms with Gasteiger partial charge in [0, 0.05) is 55.9 Å². The molecule has 0 bridgehead atoms. The van der Waals surface area contributed by atoms with Gasteiger partial charge in [0.1, 0.15) is 22.8 Å². The third kappa shape index (κ3) is 5.86. The maximum atomic E-state index is 13.8. The third-order valence-corrected chi connectivity index (χ3v) is 9.51. The largest absolute Gasteiger partial charge is 0.496 e. The van der Waals surface area contributed by atoms with E-state index in [2.05, 4.69) is 20.5 Å². The summed E-state index contributed by atoms with van der Waals surface area (Å²) in [5.74, 6) is 0.608. The highest BCUT2D eigenvalue weighted by atomic mass is 16.5. The van der Waals surface area contributed by atoms with E-state index in [1.165, 1.54) is 4.80 Å². The van der Waals surface area contributed by atoms with E-state index in [1.807, 2.05) is 20.2 Å². The van der Waals surface area contributed by atoms with E-state index in [0.29, 0.717) is 66.5 Å². The summed E-state index contributed by atoms with van der Waals surface area (Å²) in [5, 5.41) is 26.4. The van der Waals surface area contributed by atoms with Crippen molar-refractivity contribution in [3.05, 3.63) is 53.9 Å². The number of aliphatic carboxylic acids is 1. The van der Waals surface area contributed by atoms with Crippen molar-refractivity contribution in [2.75, 3.05) is 26.8 Å². The van der Waals surface area contributed by atoms with Gasteiger partial charge in [0.05, 0.1) is 48.9 Å². The van der Waals surface area contributed by atoms with Gasteiger partial charge in [-0.1, -0.05) is 0 Å². The van der Waals surface area contributed by atoms with Crippen LogP contribution < -0.4 is 14.2 Å². The predicted octanol–water partition coefficient (Wildman–Crippen LogP) is 4.46. The van der Waals surface area contributed by atoms with Gasteiger partial charge in [-0.3, -0.25) is 19.1 Å². The Morgan fingerprint density at radius 2 is 1.85 bits per heavy atom. The summed E-state index contributed by atoms with van der Waals surface area (Å²) in [4.78, 5) is 42.0. The maximum absolute atomic E-state index is 13.8. The fourth-order valence-corrected chi connectivity index (χ4v) is 6.16. The number of tetrazole rings is 1. The number of rotatable bonds is 9. The highest BCUT2D eigenvalue weighted by molar-refractivity contribution is 6.01. The normalized spacial score (nSPS) is 16.3. The molecule has 1 atom stereocenters. The number of piperidine rings is 1. The molecule has 252 valence electrons. The van der Waals surface area contributed by atoms with Gasteiger partial charge in [-0.2, -0.15) is 9.90 Å². The van der Waals surface area contributed by atoms with E-state index in [1.54, 1.807) is 74.0 Å². The van der Waals surface area contributed by atoms with E-state index in [-0.39, 0.29) is 23.9 Å². The number of nitrogens with zero attached hydrogens (tertiary/aromatic N) is 7. The fourth-order valence-electron chi connectivity index (χ4n) is 6.16. The van der Waals surface area contributed by atoms with Crippen molar-refractivity contribution in [3.8, 4) is 39.8 Å². The van der Waals surface area contributed by atoms with Gasteiger partial charge >= 0.3 is 5.97 Å². The maximum Gasteiger partial charge on any atom is 0.311 e. The number of amides is 1. The number of methoxy groups -OCH3 is 1. The number of carboxylic acids is 1. The first-order chi connectivity index (χ1) is 22.9. The van der Waals surface area contributed by atoms with E-state index >= 15 is 0 Å². The number of Topliss-reactive ketones (excluding diaryl/α,β-unsaturated/α-hetero) is 1. The number of carbonyl (C=O) groups is 3. The average molecular weight is 658 g/mol.